The summed E-state index contributed by atoms with van der Waals surface area (Å²) >= 11 is 0. The van der Waals surface area contributed by atoms with Gasteiger partial charge in [-0.3, -0.25) is 4.79 Å². The van der Waals surface area contributed by atoms with Crippen molar-refractivity contribution in [2.24, 2.45) is 11.8 Å². The van der Waals surface area contributed by atoms with E-state index < -0.39 is 21.7 Å². The van der Waals surface area contributed by atoms with Gasteiger partial charge in [0.05, 0.1) is 11.7 Å². The van der Waals surface area contributed by atoms with E-state index >= 15 is 0 Å². The van der Waals surface area contributed by atoms with Crippen LogP contribution in [0.3, 0.4) is 0 Å². The topological polar surface area (TPSA) is 71.4 Å². The first kappa shape index (κ1) is 9.51. The zero-order chi connectivity index (χ0) is 9.35. The Morgan fingerprint density at radius 3 is 2.33 bits per heavy atom. The van der Waals surface area contributed by atoms with E-state index in [2.05, 4.69) is 0 Å². The average molecular weight is 192 g/mol. The van der Waals surface area contributed by atoms with E-state index in [9.17, 15) is 13.2 Å². The quantitative estimate of drug-likeness (QED) is 0.687. The summed E-state index contributed by atoms with van der Waals surface area (Å²) in [7, 11) is -3.15. The lowest BCUT2D eigenvalue weighted by Crippen LogP contribution is -2.24. The lowest BCUT2D eigenvalue weighted by Gasteiger charge is -2.08. The van der Waals surface area contributed by atoms with Gasteiger partial charge in [0.15, 0.2) is 0 Å². The third-order valence-corrected chi connectivity index (χ3v) is 2.96. The maximum atomic E-state index is 10.8. The van der Waals surface area contributed by atoms with E-state index in [1.54, 1.807) is 0 Å². The minimum atomic E-state index is -3.15. The third-order valence-electron chi connectivity index (χ3n) is 1.99. The molecule has 0 aliphatic heterocycles. The molecule has 1 aliphatic carbocycles. The number of sulfone groups is 1. The van der Waals surface area contributed by atoms with Crippen LogP contribution in [0.2, 0.25) is 0 Å². The Balaban J connectivity index is 2.61. The Morgan fingerprint density at radius 2 is 2.08 bits per heavy atom. The zero-order valence-corrected chi connectivity index (χ0v) is 7.67. The van der Waals surface area contributed by atoms with Crippen LogP contribution in [0.1, 0.15) is 12.8 Å². The molecule has 4 nitrogen and oxygen atoms in total. The lowest BCUT2D eigenvalue weighted by molar-refractivity contribution is -0.141. The molecule has 0 heterocycles. The molecule has 0 amide bonds. The molecule has 0 aromatic rings. The number of carbonyl (C=O) groups is 1. The predicted octanol–water partition coefficient (Wildman–Crippen LogP) is 0.142. The Kier molecular flexibility index (Phi) is 2.41. The third kappa shape index (κ3) is 2.81. The summed E-state index contributed by atoms with van der Waals surface area (Å²) in [5, 5.41) is 8.68. The molecule has 0 saturated heterocycles. The summed E-state index contributed by atoms with van der Waals surface area (Å²) in [4.78, 5) is 10.6. The molecule has 1 aliphatic rings. The van der Waals surface area contributed by atoms with Crippen LogP contribution < -0.4 is 0 Å². The molecule has 0 aromatic carbocycles. The Bertz CT molecular complexity index is 276. The fourth-order valence-corrected chi connectivity index (χ4v) is 2.30. The fourth-order valence-electron chi connectivity index (χ4n) is 1.23. The fraction of sp³-hybridized carbons (Fsp3) is 0.857. The molecule has 1 atom stereocenters. The van der Waals surface area contributed by atoms with Crippen molar-refractivity contribution in [3.8, 4) is 0 Å². The first-order chi connectivity index (χ1) is 5.40. The SMILES string of the molecule is CS(=O)(=O)CC(C(=O)O)C1CC1. The van der Waals surface area contributed by atoms with Crippen LogP contribution in [0.15, 0.2) is 0 Å². The highest BCUT2D eigenvalue weighted by Crippen LogP contribution is 2.37. The van der Waals surface area contributed by atoms with Gasteiger partial charge in [-0.2, -0.15) is 0 Å². The van der Waals surface area contributed by atoms with E-state index in [-0.39, 0.29) is 11.7 Å². The first-order valence-corrected chi connectivity index (χ1v) is 5.87. The summed E-state index contributed by atoms with van der Waals surface area (Å²) in [6.07, 6.45) is 2.78. The van der Waals surface area contributed by atoms with Gasteiger partial charge in [-0.1, -0.05) is 0 Å². The molecular formula is C7H12O4S. The minimum Gasteiger partial charge on any atom is -0.481 e. The van der Waals surface area contributed by atoms with Crippen molar-refractivity contribution < 1.29 is 18.3 Å². The van der Waals surface area contributed by atoms with Crippen LogP contribution in [-0.2, 0) is 14.6 Å². The normalized spacial score (nSPS) is 20.4. The largest absolute Gasteiger partial charge is 0.481 e. The van der Waals surface area contributed by atoms with Crippen molar-refractivity contribution in [1.29, 1.82) is 0 Å². The second-order valence-corrected chi connectivity index (χ2v) is 5.56. The smallest absolute Gasteiger partial charge is 0.307 e. The summed E-state index contributed by atoms with van der Waals surface area (Å²) < 4.78 is 21.6. The number of hydrogen-bond acceptors (Lipinski definition) is 3. The van der Waals surface area contributed by atoms with Crippen molar-refractivity contribution >= 4 is 15.8 Å². The maximum absolute atomic E-state index is 10.8. The maximum Gasteiger partial charge on any atom is 0.307 e. The number of carboxylic acids is 1. The molecule has 1 unspecified atom stereocenters. The van der Waals surface area contributed by atoms with Gasteiger partial charge >= 0.3 is 5.97 Å². The highest BCUT2D eigenvalue weighted by Gasteiger charge is 2.38. The summed E-state index contributed by atoms with van der Waals surface area (Å²) in [6, 6.07) is 0. The van der Waals surface area contributed by atoms with Gasteiger partial charge in [-0.25, -0.2) is 8.42 Å². The molecule has 1 rings (SSSR count). The zero-order valence-electron chi connectivity index (χ0n) is 6.86. The Labute approximate surface area is 71.5 Å². The van der Waals surface area contributed by atoms with Crippen molar-refractivity contribution in [3.63, 3.8) is 0 Å². The average Bonchev–Trinajstić information content (AvgIpc) is 2.61. The number of aliphatic carboxylic acids is 1. The van der Waals surface area contributed by atoms with Gasteiger partial charge in [0.1, 0.15) is 9.84 Å². The Hall–Kier alpha value is -0.580. The van der Waals surface area contributed by atoms with Gasteiger partial charge in [-0.15, -0.1) is 0 Å². The van der Waals surface area contributed by atoms with Crippen LogP contribution in [-0.4, -0.2) is 31.5 Å². The lowest BCUT2D eigenvalue weighted by atomic mass is 10.1. The van der Waals surface area contributed by atoms with Gasteiger partial charge in [-0.05, 0) is 18.8 Å². The number of carboxylic acid groups (broad SMARTS) is 1. The second-order valence-electron chi connectivity index (χ2n) is 3.37. The van der Waals surface area contributed by atoms with E-state index in [1.807, 2.05) is 0 Å². The molecule has 5 heteroatoms. The van der Waals surface area contributed by atoms with Crippen molar-refractivity contribution in [2.75, 3.05) is 12.0 Å². The number of rotatable bonds is 4. The molecule has 70 valence electrons. The molecule has 0 spiro atoms. The van der Waals surface area contributed by atoms with Gasteiger partial charge in [0, 0.05) is 6.26 Å². The Morgan fingerprint density at radius 1 is 1.58 bits per heavy atom. The summed E-state index contributed by atoms with van der Waals surface area (Å²) in [5.74, 6) is -1.78. The first-order valence-electron chi connectivity index (χ1n) is 3.80. The van der Waals surface area contributed by atoms with Gasteiger partial charge in [0.25, 0.3) is 0 Å². The second kappa shape index (κ2) is 3.05. The predicted molar refractivity (Wildman–Crippen MR) is 43.6 cm³/mol. The molecule has 0 bridgehead atoms. The van der Waals surface area contributed by atoms with Crippen LogP contribution in [0.4, 0.5) is 0 Å². The molecule has 1 N–H and O–H groups in total. The molecule has 1 fully saturated rings. The van der Waals surface area contributed by atoms with Crippen molar-refractivity contribution in [1.82, 2.24) is 0 Å². The minimum absolute atomic E-state index is 0.0947. The standard InChI is InChI=1S/C7H12O4S/c1-12(10,11)4-6(7(8)9)5-2-3-5/h5-6H,2-4H2,1H3,(H,8,9). The van der Waals surface area contributed by atoms with E-state index in [0.717, 1.165) is 19.1 Å². The van der Waals surface area contributed by atoms with Crippen LogP contribution in [0.5, 0.6) is 0 Å². The van der Waals surface area contributed by atoms with E-state index in [4.69, 9.17) is 5.11 Å². The highest BCUT2D eigenvalue weighted by atomic mass is 32.2. The van der Waals surface area contributed by atoms with Crippen LogP contribution in [0, 0.1) is 11.8 Å². The van der Waals surface area contributed by atoms with E-state index in [1.165, 1.54) is 0 Å². The molecular weight excluding hydrogens is 180 g/mol. The summed E-state index contributed by atoms with van der Waals surface area (Å²) in [6.45, 7) is 0. The molecule has 0 aromatic heterocycles. The highest BCUT2D eigenvalue weighted by molar-refractivity contribution is 7.90. The van der Waals surface area contributed by atoms with Crippen LogP contribution in [0.25, 0.3) is 0 Å². The van der Waals surface area contributed by atoms with Crippen LogP contribution >= 0.6 is 0 Å². The molecule has 12 heavy (non-hydrogen) atoms. The van der Waals surface area contributed by atoms with Crippen molar-refractivity contribution in [3.05, 3.63) is 0 Å². The van der Waals surface area contributed by atoms with Crippen molar-refractivity contribution in [2.45, 2.75) is 12.8 Å². The van der Waals surface area contributed by atoms with Gasteiger partial charge in [0.2, 0.25) is 0 Å². The monoisotopic (exact) mass is 192 g/mol. The molecule has 1 saturated carbocycles. The van der Waals surface area contributed by atoms with E-state index in [0.29, 0.717) is 0 Å². The summed E-state index contributed by atoms with van der Waals surface area (Å²) in [5.41, 5.74) is 0. The number of hydrogen-bond donors (Lipinski definition) is 1. The van der Waals surface area contributed by atoms with Gasteiger partial charge < -0.3 is 5.11 Å². The molecule has 0 radical (unpaired) electrons.